The second-order valence-corrected chi connectivity index (χ2v) is 4.44. The van der Waals surface area contributed by atoms with Crippen LogP contribution in [0.4, 0.5) is 0 Å². The lowest BCUT2D eigenvalue weighted by molar-refractivity contribution is -0.136. The van der Waals surface area contributed by atoms with Crippen LogP contribution in [0.15, 0.2) is 29.4 Å². The Kier molecular flexibility index (Phi) is 3.78. The highest BCUT2D eigenvalue weighted by Crippen LogP contribution is 2.20. The smallest absolute Gasteiger partial charge is 0.304 e. The van der Waals surface area contributed by atoms with Crippen LogP contribution in [0.2, 0.25) is 0 Å². The number of benzene rings is 1. The first-order valence-corrected chi connectivity index (χ1v) is 6.08. The average Bonchev–Trinajstić information content (AvgIpc) is 2.78. The Morgan fingerprint density at radius 1 is 1.33 bits per heavy atom. The molecule has 0 radical (unpaired) electrons. The van der Waals surface area contributed by atoms with E-state index in [9.17, 15) is 9.90 Å². The summed E-state index contributed by atoms with van der Waals surface area (Å²) >= 11 is 1.26. The van der Waals surface area contributed by atoms with E-state index < -0.39 is 5.97 Å². The minimum absolute atomic E-state index is 0.0487. The van der Waals surface area contributed by atoms with E-state index in [1.165, 1.54) is 28.6 Å². The summed E-state index contributed by atoms with van der Waals surface area (Å²) in [5.74, 6) is -0.300. The molecular formula is C10H10N4O3S. The molecule has 0 fully saturated rings. The van der Waals surface area contributed by atoms with E-state index in [1.807, 2.05) is 0 Å². The van der Waals surface area contributed by atoms with Crippen LogP contribution < -0.4 is 0 Å². The van der Waals surface area contributed by atoms with Crippen LogP contribution in [-0.2, 0) is 4.79 Å². The van der Waals surface area contributed by atoms with Gasteiger partial charge in [-0.25, -0.2) is 0 Å². The van der Waals surface area contributed by atoms with Crippen molar-refractivity contribution in [3.8, 4) is 11.4 Å². The predicted octanol–water partition coefficient (Wildman–Crippen LogP) is 0.935. The SMILES string of the molecule is O=C(O)CCSc1nnnn1-c1ccc(O)cc1. The van der Waals surface area contributed by atoms with Gasteiger partial charge in [-0.2, -0.15) is 4.68 Å². The van der Waals surface area contributed by atoms with Gasteiger partial charge in [-0.1, -0.05) is 11.8 Å². The van der Waals surface area contributed by atoms with Gasteiger partial charge in [-0.05, 0) is 34.7 Å². The van der Waals surface area contributed by atoms with E-state index in [1.54, 1.807) is 12.1 Å². The quantitative estimate of drug-likeness (QED) is 0.776. The number of carboxylic acids is 1. The molecule has 7 nitrogen and oxygen atoms in total. The maximum absolute atomic E-state index is 10.4. The van der Waals surface area contributed by atoms with Gasteiger partial charge < -0.3 is 10.2 Å². The van der Waals surface area contributed by atoms with E-state index in [0.717, 1.165) is 0 Å². The molecule has 0 aliphatic heterocycles. The zero-order valence-corrected chi connectivity index (χ0v) is 10.0. The van der Waals surface area contributed by atoms with Crippen molar-refractivity contribution in [1.82, 2.24) is 20.2 Å². The topological polar surface area (TPSA) is 101 Å². The minimum Gasteiger partial charge on any atom is -0.508 e. The molecule has 2 rings (SSSR count). The fourth-order valence-electron chi connectivity index (χ4n) is 1.25. The Morgan fingerprint density at radius 2 is 2.06 bits per heavy atom. The molecule has 0 aliphatic carbocycles. The number of phenols is 1. The number of carboxylic acid groups (broad SMARTS) is 1. The summed E-state index contributed by atoms with van der Waals surface area (Å²) in [7, 11) is 0. The summed E-state index contributed by atoms with van der Waals surface area (Å²) < 4.78 is 1.49. The molecule has 94 valence electrons. The highest BCUT2D eigenvalue weighted by Gasteiger charge is 2.09. The molecule has 2 aromatic rings. The second kappa shape index (κ2) is 5.50. The third-order valence-electron chi connectivity index (χ3n) is 2.08. The Bertz CT molecular complexity index is 540. The van der Waals surface area contributed by atoms with Crippen LogP contribution >= 0.6 is 11.8 Å². The lowest BCUT2D eigenvalue weighted by Gasteiger charge is -2.03. The summed E-state index contributed by atoms with van der Waals surface area (Å²) in [6.07, 6.45) is 0.0487. The van der Waals surface area contributed by atoms with Crippen LogP contribution in [-0.4, -0.2) is 42.1 Å². The number of aliphatic carboxylic acids is 1. The molecule has 0 bridgehead atoms. The highest BCUT2D eigenvalue weighted by molar-refractivity contribution is 7.99. The lowest BCUT2D eigenvalue weighted by atomic mass is 10.3. The van der Waals surface area contributed by atoms with Crippen molar-refractivity contribution < 1.29 is 15.0 Å². The normalized spacial score (nSPS) is 10.4. The van der Waals surface area contributed by atoms with Gasteiger partial charge in [0.15, 0.2) is 0 Å². The van der Waals surface area contributed by atoms with Crippen LogP contribution in [0.1, 0.15) is 6.42 Å². The summed E-state index contributed by atoms with van der Waals surface area (Å²) in [6.45, 7) is 0. The molecule has 2 N–H and O–H groups in total. The van der Waals surface area contributed by atoms with Gasteiger partial charge in [0.05, 0.1) is 12.1 Å². The number of hydrogen-bond donors (Lipinski definition) is 2. The van der Waals surface area contributed by atoms with E-state index in [0.29, 0.717) is 16.6 Å². The monoisotopic (exact) mass is 266 g/mol. The van der Waals surface area contributed by atoms with Gasteiger partial charge in [0.2, 0.25) is 5.16 Å². The first-order chi connectivity index (χ1) is 8.66. The van der Waals surface area contributed by atoms with Crippen LogP contribution in [0.3, 0.4) is 0 Å². The lowest BCUT2D eigenvalue weighted by Crippen LogP contribution is -2.01. The summed E-state index contributed by atoms with van der Waals surface area (Å²) in [5, 5.41) is 29.5. The summed E-state index contributed by atoms with van der Waals surface area (Å²) in [5.41, 5.74) is 0.704. The van der Waals surface area contributed by atoms with Crippen molar-refractivity contribution in [3.63, 3.8) is 0 Å². The number of aromatic hydroxyl groups is 1. The molecule has 0 spiro atoms. The molecule has 1 aromatic carbocycles. The number of carbonyl (C=O) groups is 1. The Balaban J connectivity index is 2.12. The number of rotatable bonds is 5. The number of nitrogens with zero attached hydrogens (tertiary/aromatic N) is 4. The average molecular weight is 266 g/mol. The first kappa shape index (κ1) is 12.4. The Labute approximate surface area is 106 Å². The number of hydrogen-bond acceptors (Lipinski definition) is 6. The largest absolute Gasteiger partial charge is 0.508 e. The molecule has 0 unspecified atom stereocenters. The number of thioether (sulfide) groups is 1. The van der Waals surface area contributed by atoms with E-state index >= 15 is 0 Å². The third-order valence-corrected chi connectivity index (χ3v) is 3.00. The van der Waals surface area contributed by atoms with Gasteiger partial charge >= 0.3 is 5.97 Å². The van der Waals surface area contributed by atoms with Crippen molar-refractivity contribution >= 4 is 17.7 Å². The van der Waals surface area contributed by atoms with Crippen molar-refractivity contribution in [3.05, 3.63) is 24.3 Å². The van der Waals surface area contributed by atoms with Gasteiger partial charge in [-0.3, -0.25) is 4.79 Å². The number of tetrazole rings is 1. The number of phenolic OH excluding ortho intramolecular Hbond substituents is 1. The maximum atomic E-state index is 10.4. The molecule has 0 aliphatic rings. The van der Waals surface area contributed by atoms with E-state index in [2.05, 4.69) is 15.5 Å². The van der Waals surface area contributed by atoms with Gasteiger partial charge in [0.25, 0.3) is 0 Å². The third kappa shape index (κ3) is 2.98. The van der Waals surface area contributed by atoms with Gasteiger partial charge in [0, 0.05) is 5.75 Å². The second-order valence-electron chi connectivity index (χ2n) is 3.38. The zero-order chi connectivity index (χ0) is 13.0. The van der Waals surface area contributed by atoms with Gasteiger partial charge in [0.1, 0.15) is 5.75 Å². The fourth-order valence-corrected chi connectivity index (χ4v) is 2.07. The molecule has 0 saturated carbocycles. The zero-order valence-electron chi connectivity index (χ0n) is 9.22. The van der Waals surface area contributed by atoms with Crippen molar-refractivity contribution in [2.75, 3.05) is 5.75 Å². The maximum Gasteiger partial charge on any atom is 0.304 e. The summed E-state index contributed by atoms with van der Waals surface area (Å²) in [6, 6.07) is 6.41. The van der Waals surface area contributed by atoms with Crippen LogP contribution in [0.5, 0.6) is 5.75 Å². The molecule has 0 saturated heterocycles. The molecule has 8 heteroatoms. The molecular weight excluding hydrogens is 256 g/mol. The Hall–Kier alpha value is -2.09. The van der Waals surface area contributed by atoms with E-state index in [4.69, 9.17) is 5.11 Å². The van der Waals surface area contributed by atoms with Crippen molar-refractivity contribution in [1.29, 1.82) is 0 Å². The van der Waals surface area contributed by atoms with Crippen molar-refractivity contribution in [2.24, 2.45) is 0 Å². The predicted molar refractivity (Wildman–Crippen MR) is 63.8 cm³/mol. The first-order valence-electron chi connectivity index (χ1n) is 5.09. The Morgan fingerprint density at radius 3 is 2.72 bits per heavy atom. The van der Waals surface area contributed by atoms with Gasteiger partial charge in [-0.15, -0.1) is 5.10 Å². The molecule has 1 heterocycles. The van der Waals surface area contributed by atoms with Crippen molar-refractivity contribution in [2.45, 2.75) is 11.6 Å². The highest BCUT2D eigenvalue weighted by atomic mass is 32.2. The van der Waals surface area contributed by atoms with Crippen LogP contribution in [0, 0.1) is 0 Å². The molecule has 0 amide bonds. The molecule has 1 aromatic heterocycles. The fraction of sp³-hybridized carbons (Fsp3) is 0.200. The standard InChI is InChI=1S/C10H10N4O3S/c15-8-3-1-7(2-4-8)14-10(11-12-13-14)18-6-5-9(16)17/h1-4,15H,5-6H2,(H,16,17). The number of aromatic nitrogens is 4. The van der Waals surface area contributed by atoms with E-state index in [-0.39, 0.29) is 12.2 Å². The summed E-state index contributed by atoms with van der Waals surface area (Å²) in [4.78, 5) is 10.4. The molecule has 18 heavy (non-hydrogen) atoms. The minimum atomic E-state index is -0.855. The molecule has 0 atom stereocenters. The van der Waals surface area contributed by atoms with Crippen LogP contribution in [0.25, 0.3) is 5.69 Å².